The number of nitrogens with zero attached hydrogens (tertiary/aromatic N) is 4. The minimum absolute atomic E-state index is 0.0400. The first-order valence-corrected chi connectivity index (χ1v) is 11.6. The number of benzene rings is 2. The zero-order chi connectivity index (χ0) is 22.3. The third-order valence-electron chi connectivity index (χ3n) is 5.08. The standard InChI is InChI=1S/C25H27N5OS/c1-29(2)16-15-27-24(31)21-12-10-20(11-13-21)18-32-25-28-22-9-6-14-26-23(22)30(25)17-19-7-4-3-5-8-19/h3-14H,15-18H2,1-2H3,(H,27,31). The molecule has 2 aromatic carbocycles. The molecule has 164 valence electrons. The molecule has 0 aliphatic carbocycles. The van der Waals surface area contributed by atoms with Gasteiger partial charge in [0, 0.05) is 30.6 Å². The van der Waals surface area contributed by atoms with Crippen molar-refractivity contribution in [3.63, 3.8) is 0 Å². The van der Waals surface area contributed by atoms with Gasteiger partial charge in [-0.1, -0.05) is 54.2 Å². The van der Waals surface area contributed by atoms with Crippen LogP contribution in [0.3, 0.4) is 0 Å². The SMILES string of the molecule is CN(C)CCNC(=O)c1ccc(CSc2nc3cccnc3n2Cc2ccccc2)cc1. The van der Waals surface area contributed by atoms with Gasteiger partial charge in [0.15, 0.2) is 10.8 Å². The molecule has 0 saturated carbocycles. The summed E-state index contributed by atoms with van der Waals surface area (Å²) in [4.78, 5) is 23.7. The third-order valence-corrected chi connectivity index (χ3v) is 6.13. The van der Waals surface area contributed by atoms with E-state index in [1.165, 1.54) is 5.56 Å². The van der Waals surface area contributed by atoms with Gasteiger partial charge in [0.2, 0.25) is 0 Å². The molecule has 4 rings (SSSR count). The summed E-state index contributed by atoms with van der Waals surface area (Å²) in [7, 11) is 3.98. The minimum Gasteiger partial charge on any atom is -0.351 e. The first kappa shape index (κ1) is 22.0. The number of nitrogens with one attached hydrogen (secondary N) is 1. The molecular formula is C25H27N5OS. The Bertz CT molecular complexity index is 1170. The van der Waals surface area contributed by atoms with Gasteiger partial charge in [-0.25, -0.2) is 9.97 Å². The summed E-state index contributed by atoms with van der Waals surface area (Å²) in [5.74, 6) is 0.725. The van der Waals surface area contributed by atoms with Crippen LogP contribution in [0.2, 0.25) is 0 Å². The molecule has 0 aliphatic heterocycles. The largest absolute Gasteiger partial charge is 0.351 e. The zero-order valence-corrected chi connectivity index (χ0v) is 19.2. The maximum Gasteiger partial charge on any atom is 0.251 e. The summed E-state index contributed by atoms with van der Waals surface area (Å²) in [5.41, 5.74) is 4.83. The molecule has 2 aromatic heterocycles. The number of amides is 1. The third kappa shape index (κ3) is 5.55. The Kier molecular flexibility index (Phi) is 7.19. The number of pyridine rings is 1. The van der Waals surface area contributed by atoms with E-state index in [0.717, 1.165) is 40.7 Å². The quantitative estimate of drug-likeness (QED) is 0.394. The molecule has 4 aromatic rings. The maximum atomic E-state index is 12.3. The van der Waals surface area contributed by atoms with E-state index in [9.17, 15) is 4.79 Å². The smallest absolute Gasteiger partial charge is 0.251 e. The Balaban J connectivity index is 1.45. The molecule has 6 nitrogen and oxygen atoms in total. The number of carbonyl (C=O) groups is 1. The van der Waals surface area contributed by atoms with E-state index < -0.39 is 0 Å². The van der Waals surface area contributed by atoms with Crippen LogP contribution in [-0.2, 0) is 12.3 Å². The van der Waals surface area contributed by atoms with Gasteiger partial charge in [-0.05, 0) is 49.5 Å². The van der Waals surface area contributed by atoms with Crippen LogP contribution in [0.5, 0.6) is 0 Å². The highest BCUT2D eigenvalue weighted by Crippen LogP contribution is 2.27. The van der Waals surface area contributed by atoms with Crippen LogP contribution >= 0.6 is 11.8 Å². The summed E-state index contributed by atoms with van der Waals surface area (Å²) >= 11 is 1.68. The highest BCUT2D eigenvalue weighted by Gasteiger charge is 2.13. The van der Waals surface area contributed by atoms with Crippen molar-refractivity contribution in [1.29, 1.82) is 0 Å². The van der Waals surface area contributed by atoms with Gasteiger partial charge in [-0.2, -0.15) is 0 Å². The molecule has 0 aliphatic rings. The fourth-order valence-electron chi connectivity index (χ4n) is 3.35. The van der Waals surface area contributed by atoms with Crippen molar-refractivity contribution < 1.29 is 4.79 Å². The van der Waals surface area contributed by atoms with Crippen LogP contribution in [0.4, 0.5) is 0 Å². The lowest BCUT2D eigenvalue weighted by Crippen LogP contribution is -2.31. The molecule has 32 heavy (non-hydrogen) atoms. The summed E-state index contributed by atoms with van der Waals surface area (Å²) in [6.45, 7) is 2.18. The van der Waals surface area contributed by atoms with Crippen LogP contribution in [0, 0.1) is 0 Å². The maximum absolute atomic E-state index is 12.3. The second-order valence-corrected chi connectivity index (χ2v) is 8.80. The molecule has 0 saturated heterocycles. The lowest BCUT2D eigenvalue weighted by molar-refractivity contribution is 0.0951. The molecule has 0 radical (unpaired) electrons. The van der Waals surface area contributed by atoms with Gasteiger partial charge in [-0.3, -0.25) is 9.36 Å². The number of aromatic nitrogens is 3. The molecule has 1 N–H and O–H groups in total. The molecule has 0 spiro atoms. The summed E-state index contributed by atoms with van der Waals surface area (Å²) < 4.78 is 2.17. The minimum atomic E-state index is -0.0400. The predicted octanol–water partition coefficient (Wildman–Crippen LogP) is 4.06. The van der Waals surface area contributed by atoms with Gasteiger partial charge in [-0.15, -0.1) is 0 Å². The Hall–Kier alpha value is -3.16. The number of carbonyl (C=O) groups excluding carboxylic acids is 1. The number of hydrogen-bond donors (Lipinski definition) is 1. The molecule has 1 amide bonds. The Morgan fingerprint density at radius 1 is 1.00 bits per heavy atom. The van der Waals surface area contributed by atoms with Gasteiger partial charge < -0.3 is 10.2 Å². The second kappa shape index (κ2) is 10.4. The fraction of sp³-hybridized carbons (Fsp3) is 0.240. The molecule has 0 fully saturated rings. The fourth-order valence-corrected chi connectivity index (χ4v) is 4.31. The van der Waals surface area contributed by atoms with Crippen molar-refractivity contribution in [1.82, 2.24) is 24.8 Å². The van der Waals surface area contributed by atoms with Crippen LogP contribution in [0.1, 0.15) is 21.5 Å². The lowest BCUT2D eigenvalue weighted by Gasteiger charge is -2.11. The first-order chi connectivity index (χ1) is 15.6. The molecule has 7 heteroatoms. The molecule has 2 heterocycles. The second-order valence-electron chi connectivity index (χ2n) is 7.86. The number of hydrogen-bond acceptors (Lipinski definition) is 5. The topological polar surface area (TPSA) is 63.1 Å². The predicted molar refractivity (Wildman–Crippen MR) is 130 cm³/mol. The van der Waals surface area contributed by atoms with Crippen LogP contribution < -0.4 is 5.32 Å². The highest BCUT2D eigenvalue weighted by molar-refractivity contribution is 7.98. The average Bonchev–Trinajstić information content (AvgIpc) is 3.16. The number of fused-ring (bicyclic) bond motifs is 1. The summed E-state index contributed by atoms with van der Waals surface area (Å²) in [6.07, 6.45) is 1.81. The van der Waals surface area contributed by atoms with Crippen LogP contribution in [-0.4, -0.2) is 52.5 Å². The van der Waals surface area contributed by atoms with Gasteiger partial charge in [0.1, 0.15) is 5.52 Å². The van der Waals surface area contributed by atoms with Crippen molar-refractivity contribution in [2.24, 2.45) is 0 Å². The van der Waals surface area contributed by atoms with Gasteiger partial charge in [0.25, 0.3) is 5.91 Å². The van der Waals surface area contributed by atoms with Crippen molar-refractivity contribution in [2.45, 2.75) is 17.5 Å². The van der Waals surface area contributed by atoms with E-state index in [-0.39, 0.29) is 5.91 Å². The number of likely N-dealkylation sites (N-methyl/N-ethyl adjacent to an activating group) is 1. The molecule has 0 atom stereocenters. The van der Waals surface area contributed by atoms with Gasteiger partial charge >= 0.3 is 0 Å². The average molecular weight is 446 g/mol. The molecule has 0 bridgehead atoms. The van der Waals surface area contributed by atoms with Crippen LogP contribution in [0.25, 0.3) is 11.2 Å². The highest BCUT2D eigenvalue weighted by atomic mass is 32.2. The Morgan fingerprint density at radius 3 is 2.53 bits per heavy atom. The summed E-state index contributed by atoms with van der Waals surface area (Å²) in [5, 5.41) is 3.89. The molecule has 0 unspecified atom stereocenters. The molecular weight excluding hydrogens is 418 g/mol. The van der Waals surface area contributed by atoms with E-state index in [1.54, 1.807) is 11.8 Å². The van der Waals surface area contributed by atoms with E-state index >= 15 is 0 Å². The summed E-state index contributed by atoms with van der Waals surface area (Å²) in [6, 6.07) is 22.1. The Morgan fingerprint density at radius 2 is 1.78 bits per heavy atom. The monoisotopic (exact) mass is 445 g/mol. The van der Waals surface area contributed by atoms with E-state index in [1.807, 2.05) is 79.8 Å². The van der Waals surface area contributed by atoms with Crippen molar-refractivity contribution in [2.75, 3.05) is 27.2 Å². The van der Waals surface area contributed by atoms with E-state index in [0.29, 0.717) is 12.1 Å². The van der Waals surface area contributed by atoms with Crippen LogP contribution in [0.15, 0.2) is 78.1 Å². The number of imidazole rings is 1. The van der Waals surface area contributed by atoms with Gasteiger partial charge in [0.05, 0.1) is 6.54 Å². The number of thioether (sulfide) groups is 1. The Labute approximate surface area is 192 Å². The van der Waals surface area contributed by atoms with Crippen molar-refractivity contribution in [3.05, 3.63) is 89.6 Å². The normalized spacial score (nSPS) is 11.2. The van der Waals surface area contributed by atoms with E-state index in [2.05, 4.69) is 27.0 Å². The number of rotatable bonds is 9. The lowest BCUT2D eigenvalue weighted by atomic mass is 10.1. The first-order valence-electron chi connectivity index (χ1n) is 10.6. The van der Waals surface area contributed by atoms with Crippen molar-refractivity contribution in [3.8, 4) is 0 Å². The van der Waals surface area contributed by atoms with E-state index in [4.69, 9.17) is 4.98 Å². The zero-order valence-electron chi connectivity index (χ0n) is 18.4. The van der Waals surface area contributed by atoms with Crippen molar-refractivity contribution >= 4 is 28.8 Å².